The number of benzene rings is 2. The molecule has 5 rings (SSSR count). The number of ether oxygens (including phenoxy) is 2. The van der Waals surface area contributed by atoms with Crippen LogP contribution in [0.25, 0.3) is 11.2 Å². The molecular formula is C32H42N6O4S2Si. The molecule has 0 aliphatic carbocycles. The zero-order valence-corrected chi connectivity index (χ0v) is 29.5. The second-order valence-corrected chi connectivity index (χ2v) is 19.3. The number of hydrogen-bond donors (Lipinski definition) is 1. The summed E-state index contributed by atoms with van der Waals surface area (Å²) in [5.74, 6) is 0.199. The average molecular weight is 667 g/mol. The molecule has 10 nitrogen and oxygen atoms in total. The molecule has 0 amide bonds. The Balaban J connectivity index is 1.50. The molecule has 4 atom stereocenters. The van der Waals surface area contributed by atoms with Crippen LogP contribution in [0, 0.1) is 0 Å². The number of hydrogen-bond acceptors (Lipinski definition) is 9. The molecule has 1 saturated heterocycles. The summed E-state index contributed by atoms with van der Waals surface area (Å²) in [5.41, 5.74) is 0.230. The quantitative estimate of drug-likeness (QED) is 0.0740. The van der Waals surface area contributed by atoms with Crippen molar-refractivity contribution >= 4 is 63.7 Å². The van der Waals surface area contributed by atoms with Gasteiger partial charge in [-0.2, -0.15) is 4.98 Å². The normalized spacial score (nSPS) is 19.8. The van der Waals surface area contributed by atoms with E-state index in [2.05, 4.69) is 96.2 Å². The molecule has 3 heterocycles. The van der Waals surface area contributed by atoms with Crippen LogP contribution >= 0.6 is 21.6 Å². The number of nitrogens with one attached hydrogen (secondary N) is 1. The highest BCUT2D eigenvalue weighted by Gasteiger charge is 2.51. The van der Waals surface area contributed by atoms with Crippen LogP contribution < -0.4 is 15.9 Å². The minimum absolute atomic E-state index is 0.0600. The lowest BCUT2D eigenvalue weighted by molar-refractivity contribution is -0.0599. The van der Waals surface area contributed by atoms with E-state index < -0.39 is 14.5 Å². The van der Waals surface area contributed by atoms with Crippen LogP contribution in [0.4, 0.5) is 5.95 Å². The first-order chi connectivity index (χ1) is 21.5. The van der Waals surface area contributed by atoms with Crippen molar-refractivity contribution in [1.82, 2.24) is 24.4 Å². The zero-order valence-electron chi connectivity index (χ0n) is 26.8. The Morgan fingerprint density at radius 2 is 1.80 bits per heavy atom. The second-order valence-electron chi connectivity index (χ2n) is 12.3. The number of imidazole rings is 1. The van der Waals surface area contributed by atoms with E-state index in [9.17, 15) is 4.79 Å². The maximum atomic E-state index is 12.8. The Morgan fingerprint density at radius 3 is 2.38 bits per heavy atom. The molecule has 1 aliphatic heterocycles. The van der Waals surface area contributed by atoms with Gasteiger partial charge in [0.2, 0.25) is 5.95 Å². The molecule has 4 aromatic rings. The molecular weight excluding hydrogens is 625 g/mol. The monoisotopic (exact) mass is 666 g/mol. The van der Waals surface area contributed by atoms with Crippen LogP contribution in [-0.4, -0.2) is 83.7 Å². The van der Waals surface area contributed by atoms with Crippen molar-refractivity contribution in [2.45, 2.75) is 63.0 Å². The summed E-state index contributed by atoms with van der Waals surface area (Å²) in [6, 6.07) is 21.2. The van der Waals surface area contributed by atoms with Crippen molar-refractivity contribution in [1.29, 1.82) is 0 Å². The van der Waals surface area contributed by atoms with Gasteiger partial charge in [-0.25, -0.2) is 9.98 Å². The van der Waals surface area contributed by atoms with Gasteiger partial charge in [-0.3, -0.25) is 14.3 Å². The van der Waals surface area contributed by atoms with E-state index in [4.69, 9.17) is 13.9 Å². The van der Waals surface area contributed by atoms with E-state index in [1.807, 2.05) is 37.1 Å². The third-order valence-electron chi connectivity index (χ3n) is 7.80. The minimum atomic E-state index is -2.81. The Morgan fingerprint density at radius 1 is 1.16 bits per heavy atom. The first-order valence-corrected chi connectivity index (χ1v) is 19.5. The Hall–Kier alpha value is -2.94. The summed E-state index contributed by atoms with van der Waals surface area (Å²) in [5, 5.41) is 2.23. The number of H-pyrrole nitrogens is 1. The molecule has 0 radical (unpaired) electrons. The lowest BCUT2D eigenvalue weighted by Gasteiger charge is -2.43. The lowest BCUT2D eigenvalue weighted by atomic mass is 10.2. The first kappa shape index (κ1) is 33.4. The fraction of sp³-hybridized carbons (Fsp3) is 0.438. The van der Waals surface area contributed by atoms with Crippen molar-refractivity contribution in [3.8, 4) is 0 Å². The van der Waals surface area contributed by atoms with Crippen LogP contribution in [0.5, 0.6) is 0 Å². The smallest absolute Gasteiger partial charge is 0.280 e. The molecule has 240 valence electrons. The first-order valence-electron chi connectivity index (χ1n) is 15.0. The maximum absolute atomic E-state index is 12.8. The predicted molar refractivity (Wildman–Crippen MR) is 188 cm³/mol. The van der Waals surface area contributed by atoms with Gasteiger partial charge in [-0.15, -0.1) is 0 Å². The largest absolute Gasteiger partial charge is 0.405 e. The summed E-state index contributed by atoms with van der Waals surface area (Å²) in [6.07, 6.45) is 4.70. The topological polar surface area (TPSA) is 107 Å². The van der Waals surface area contributed by atoms with Crippen molar-refractivity contribution in [2.24, 2.45) is 4.99 Å². The molecule has 1 fully saturated rings. The molecule has 1 N–H and O–H groups in total. The van der Waals surface area contributed by atoms with Crippen LogP contribution in [0.15, 0.2) is 76.8 Å². The van der Waals surface area contributed by atoms with Crippen LogP contribution in [0.1, 0.15) is 40.3 Å². The van der Waals surface area contributed by atoms with Crippen molar-refractivity contribution in [3.05, 3.63) is 77.3 Å². The number of aromatic amines is 1. The molecule has 13 heteroatoms. The molecule has 0 bridgehead atoms. The molecule has 2 aromatic carbocycles. The van der Waals surface area contributed by atoms with Gasteiger partial charge in [0.15, 0.2) is 11.2 Å². The fourth-order valence-corrected chi connectivity index (χ4v) is 11.9. The van der Waals surface area contributed by atoms with E-state index in [0.717, 1.165) is 0 Å². The number of rotatable bonds is 12. The maximum Gasteiger partial charge on any atom is 0.280 e. The Bertz CT molecular complexity index is 1600. The number of fused-ring (bicyclic) bond motifs is 1. The molecule has 45 heavy (non-hydrogen) atoms. The highest BCUT2D eigenvalue weighted by Crippen LogP contribution is 2.40. The van der Waals surface area contributed by atoms with Crippen LogP contribution in [-0.2, 0) is 13.9 Å². The highest BCUT2D eigenvalue weighted by molar-refractivity contribution is 8.76. The summed E-state index contributed by atoms with van der Waals surface area (Å²) in [7, 11) is 4.22. The fourth-order valence-electron chi connectivity index (χ4n) is 5.89. The van der Waals surface area contributed by atoms with Crippen LogP contribution in [0.3, 0.4) is 0 Å². The molecule has 1 aliphatic rings. The summed E-state index contributed by atoms with van der Waals surface area (Å²) >= 11 is 0. The molecule has 2 aromatic heterocycles. The van der Waals surface area contributed by atoms with Gasteiger partial charge in [-0.1, -0.05) is 103 Å². The van der Waals surface area contributed by atoms with Gasteiger partial charge in [0.05, 0.1) is 25.4 Å². The second kappa shape index (κ2) is 14.2. The Labute approximate surface area is 273 Å². The van der Waals surface area contributed by atoms with Crippen molar-refractivity contribution in [3.63, 3.8) is 0 Å². The van der Waals surface area contributed by atoms with Gasteiger partial charge < -0.3 is 18.8 Å². The third-order valence-corrected chi connectivity index (χ3v) is 14.8. The van der Waals surface area contributed by atoms with Gasteiger partial charge in [0.25, 0.3) is 13.9 Å². The summed E-state index contributed by atoms with van der Waals surface area (Å²) in [4.78, 5) is 30.6. The van der Waals surface area contributed by atoms with E-state index in [1.165, 1.54) is 10.4 Å². The zero-order chi connectivity index (χ0) is 32.2. The van der Waals surface area contributed by atoms with Gasteiger partial charge in [0.1, 0.15) is 17.8 Å². The van der Waals surface area contributed by atoms with E-state index in [0.29, 0.717) is 18.7 Å². The number of aliphatic imine (C=N–C) groups is 1. The molecule has 0 spiro atoms. The standard InChI is InChI=1S/C32H42N6O4S2Si/c1-22(44-43-7)41-25-18-27(38-21-33-28-29(38)35-31(36-30(28)39)34-20-37(5)6)42-26(25)19-40-45(32(2,3)4,23-14-10-8-11-15-23)24-16-12-9-13-17-24/h8-17,20-22,25-27H,18-19H2,1-7H3,(H,35,36,39)/b34-20-/t22-,25?,26+,27+/m0/s1. The lowest BCUT2D eigenvalue weighted by Crippen LogP contribution is -2.67. The SMILES string of the molecule is CSS[C@@H](C)OC1C[C@H](n2cnc3c(=O)[nH]c(/N=C\N(C)C)nc32)O[C@@H]1CO[Si](c1ccccc1)(c1ccccc1)C(C)(C)C. The van der Waals surface area contributed by atoms with Gasteiger partial charge in [-0.05, 0) is 28.6 Å². The summed E-state index contributed by atoms with van der Waals surface area (Å²) < 4.78 is 22.4. The van der Waals surface area contributed by atoms with E-state index in [1.54, 1.807) is 39.2 Å². The average Bonchev–Trinajstić information content (AvgIpc) is 3.61. The van der Waals surface area contributed by atoms with Crippen LogP contribution in [0.2, 0.25) is 5.04 Å². The molecule has 1 unspecified atom stereocenters. The third kappa shape index (κ3) is 7.23. The van der Waals surface area contributed by atoms with Gasteiger partial charge >= 0.3 is 0 Å². The van der Waals surface area contributed by atoms with Gasteiger partial charge in [0, 0.05) is 20.5 Å². The number of aromatic nitrogens is 4. The molecule has 0 saturated carbocycles. The highest BCUT2D eigenvalue weighted by atomic mass is 33.1. The minimum Gasteiger partial charge on any atom is -0.405 e. The predicted octanol–water partition coefficient (Wildman–Crippen LogP) is 4.95. The van der Waals surface area contributed by atoms with E-state index >= 15 is 0 Å². The van der Waals surface area contributed by atoms with Crippen molar-refractivity contribution < 1.29 is 13.9 Å². The van der Waals surface area contributed by atoms with Crippen molar-refractivity contribution in [2.75, 3.05) is 27.0 Å². The summed E-state index contributed by atoms with van der Waals surface area (Å²) in [6.45, 7) is 9.18. The Kier molecular flexibility index (Phi) is 10.6. The number of nitrogens with zero attached hydrogens (tertiary/aromatic N) is 5. The van der Waals surface area contributed by atoms with E-state index in [-0.39, 0.29) is 39.7 Å².